The van der Waals surface area contributed by atoms with E-state index in [0.29, 0.717) is 17.9 Å². The smallest absolute Gasteiger partial charge is 0.257 e. The minimum absolute atomic E-state index is 0.153. The van der Waals surface area contributed by atoms with Gasteiger partial charge in [-0.15, -0.1) is 0 Å². The Kier molecular flexibility index (Phi) is 5.50. The molecule has 1 amide bonds. The van der Waals surface area contributed by atoms with Crippen LogP contribution in [0.3, 0.4) is 0 Å². The molecule has 1 unspecified atom stereocenters. The number of nitrogens with zero attached hydrogens (tertiary/aromatic N) is 1. The molecule has 0 spiro atoms. The second-order valence-electron chi connectivity index (χ2n) is 6.15. The Balaban J connectivity index is 1.55. The van der Waals surface area contributed by atoms with Crippen molar-refractivity contribution in [3.63, 3.8) is 0 Å². The zero-order chi connectivity index (χ0) is 17.6. The Hall–Kier alpha value is -2.60. The lowest BCUT2D eigenvalue weighted by Crippen LogP contribution is -2.25. The van der Waals surface area contributed by atoms with E-state index in [2.05, 4.69) is 5.32 Å². The van der Waals surface area contributed by atoms with Gasteiger partial charge in [0.05, 0.1) is 11.7 Å². The molecule has 2 heterocycles. The lowest BCUT2D eigenvalue weighted by Gasteiger charge is -2.22. The minimum atomic E-state index is -0.264. The third-order valence-electron chi connectivity index (χ3n) is 4.17. The van der Waals surface area contributed by atoms with Crippen molar-refractivity contribution >= 4 is 11.6 Å². The number of aromatic nitrogens is 1. The molecule has 25 heavy (non-hydrogen) atoms. The van der Waals surface area contributed by atoms with Crippen LogP contribution in [0.5, 0.6) is 5.75 Å². The first kappa shape index (κ1) is 17.2. The van der Waals surface area contributed by atoms with Gasteiger partial charge < -0.3 is 19.4 Å². The molecule has 6 nitrogen and oxygen atoms in total. The number of aryl methyl sites for hydroxylation is 1. The van der Waals surface area contributed by atoms with Crippen molar-refractivity contribution in [2.75, 3.05) is 18.5 Å². The van der Waals surface area contributed by atoms with Crippen molar-refractivity contribution < 1.29 is 14.3 Å². The van der Waals surface area contributed by atoms with Gasteiger partial charge in [0.15, 0.2) is 0 Å². The van der Waals surface area contributed by atoms with Crippen molar-refractivity contribution in [3.05, 3.63) is 58.5 Å². The number of carbonyl (C=O) groups excluding carboxylic acids is 1. The van der Waals surface area contributed by atoms with Gasteiger partial charge in [-0.05, 0) is 49.6 Å². The molecular formula is C19H22N2O4. The van der Waals surface area contributed by atoms with Gasteiger partial charge in [0, 0.05) is 31.6 Å². The number of ether oxygens (including phenoxy) is 2. The highest BCUT2D eigenvalue weighted by Crippen LogP contribution is 2.19. The SMILES string of the molecule is Cn1cc(C(=O)Nc2ccc(OCC3CCCCO3)cc2)ccc1=O. The summed E-state index contributed by atoms with van der Waals surface area (Å²) in [7, 11) is 1.61. The Morgan fingerprint density at radius 2 is 2.04 bits per heavy atom. The van der Waals surface area contributed by atoms with E-state index in [4.69, 9.17) is 9.47 Å². The molecule has 1 aromatic carbocycles. The van der Waals surface area contributed by atoms with Crippen LogP contribution in [-0.4, -0.2) is 29.8 Å². The maximum absolute atomic E-state index is 12.2. The van der Waals surface area contributed by atoms with Gasteiger partial charge in [0.2, 0.25) is 5.56 Å². The van der Waals surface area contributed by atoms with Crippen LogP contribution in [0.1, 0.15) is 29.6 Å². The molecular weight excluding hydrogens is 320 g/mol. The van der Waals surface area contributed by atoms with Crippen LogP contribution in [0.25, 0.3) is 0 Å². The summed E-state index contributed by atoms with van der Waals surface area (Å²) in [5.74, 6) is 0.481. The lowest BCUT2D eigenvalue weighted by molar-refractivity contribution is -0.0110. The summed E-state index contributed by atoms with van der Waals surface area (Å²) in [5.41, 5.74) is 0.942. The van der Waals surface area contributed by atoms with Gasteiger partial charge in [0.25, 0.3) is 5.91 Å². The first-order valence-corrected chi connectivity index (χ1v) is 8.44. The monoisotopic (exact) mass is 342 g/mol. The molecule has 2 aromatic rings. The highest BCUT2D eigenvalue weighted by Gasteiger charge is 2.14. The molecule has 1 saturated heterocycles. The van der Waals surface area contributed by atoms with E-state index in [1.165, 1.54) is 29.3 Å². The van der Waals surface area contributed by atoms with Crippen LogP contribution in [0.2, 0.25) is 0 Å². The van der Waals surface area contributed by atoms with E-state index in [1.807, 2.05) is 12.1 Å². The van der Waals surface area contributed by atoms with Crippen molar-refractivity contribution in [3.8, 4) is 5.75 Å². The van der Waals surface area contributed by atoms with Crippen LogP contribution < -0.4 is 15.6 Å². The van der Waals surface area contributed by atoms with Crippen LogP contribution in [0.4, 0.5) is 5.69 Å². The molecule has 1 atom stereocenters. The number of hydrogen-bond donors (Lipinski definition) is 1. The van der Waals surface area contributed by atoms with Gasteiger partial charge in [-0.25, -0.2) is 0 Å². The summed E-state index contributed by atoms with van der Waals surface area (Å²) >= 11 is 0. The maximum Gasteiger partial charge on any atom is 0.257 e. The number of hydrogen-bond acceptors (Lipinski definition) is 4. The highest BCUT2D eigenvalue weighted by atomic mass is 16.5. The molecule has 132 valence electrons. The Bertz CT molecular complexity index is 777. The third kappa shape index (κ3) is 4.70. The molecule has 1 fully saturated rings. The Labute approximate surface area is 146 Å². The van der Waals surface area contributed by atoms with E-state index in [0.717, 1.165) is 25.2 Å². The summed E-state index contributed by atoms with van der Waals surface area (Å²) in [6, 6.07) is 10.1. The first-order chi connectivity index (χ1) is 12.1. The fourth-order valence-electron chi connectivity index (χ4n) is 2.69. The topological polar surface area (TPSA) is 69.6 Å². The average molecular weight is 342 g/mol. The number of anilines is 1. The van der Waals surface area contributed by atoms with Crippen molar-refractivity contribution in [1.29, 1.82) is 0 Å². The second-order valence-corrected chi connectivity index (χ2v) is 6.15. The molecule has 1 N–H and O–H groups in total. The van der Waals surface area contributed by atoms with Gasteiger partial charge >= 0.3 is 0 Å². The van der Waals surface area contributed by atoms with Crippen LogP contribution in [0.15, 0.2) is 47.4 Å². The zero-order valence-electron chi connectivity index (χ0n) is 14.2. The van der Waals surface area contributed by atoms with E-state index in [1.54, 1.807) is 19.2 Å². The van der Waals surface area contributed by atoms with Crippen LogP contribution in [0, 0.1) is 0 Å². The van der Waals surface area contributed by atoms with E-state index in [-0.39, 0.29) is 17.6 Å². The largest absolute Gasteiger partial charge is 0.491 e. The number of carbonyl (C=O) groups is 1. The minimum Gasteiger partial charge on any atom is -0.491 e. The third-order valence-corrected chi connectivity index (χ3v) is 4.17. The molecule has 1 aliphatic rings. The first-order valence-electron chi connectivity index (χ1n) is 8.44. The van der Waals surface area contributed by atoms with Crippen LogP contribution in [-0.2, 0) is 11.8 Å². The van der Waals surface area contributed by atoms with E-state index >= 15 is 0 Å². The number of nitrogens with one attached hydrogen (secondary N) is 1. The Morgan fingerprint density at radius 1 is 1.24 bits per heavy atom. The molecule has 0 aliphatic carbocycles. The van der Waals surface area contributed by atoms with Gasteiger partial charge in [-0.2, -0.15) is 0 Å². The normalized spacial score (nSPS) is 17.1. The summed E-state index contributed by atoms with van der Waals surface area (Å²) in [5, 5.41) is 2.80. The lowest BCUT2D eigenvalue weighted by atomic mass is 10.1. The van der Waals surface area contributed by atoms with Gasteiger partial charge in [0.1, 0.15) is 12.4 Å². The van der Waals surface area contributed by atoms with Crippen LogP contribution >= 0.6 is 0 Å². The summed E-state index contributed by atoms with van der Waals surface area (Å²) in [4.78, 5) is 23.6. The van der Waals surface area contributed by atoms with Gasteiger partial charge in [-0.1, -0.05) is 0 Å². The fraction of sp³-hybridized carbons (Fsp3) is 0.368. The Morgan fingerprint density at radius 3 is 2.72 bits per heavy atom. The molecule has 0 saturated carbocycles. The summed E-state index contributed by atoms with van der Waals surface area (Å²) in [6.45, 7) is 1.35. The highest BCUT2D eigenvalue weighted by molar-refractivity contribution is 6.04. The molecule has 1 aromatic heterocycles. The maximum atomic E-state index is 12.2. The second kappa shape index (κ2) is 7.98. The number of amides is 1. The van der Waals surface area contributed by atoms with E-state index < -0.39 is 0 Å². The fourth-order valence-corrected chi connectivity index (χ4v) is 2.69. The number of rotatable bonds is 5. The summed E-state index contributed by atoms with van der Waals surface area (Å²) < 4.78 is 12.8. The molecule has 3 rings (SSSR count). The van der Waals surface area contributed by atoms with Gasteiger partial charge in [-0.3, -0.25) is 9.59 Å². The zero-order valence-corrected chi connectivity index (χ0v) is 14.2. The standard InChI is InChI=1S/C19H22N2O4/c1-21-12-14(5-10-18(21)22)19(23)20-15-6-8-16(9-7-15)25-13-17-4-2-3-11-24-17/h5-10,12,17H,2-4,11,13H2,1H3,(H,20,23). The molecule has 0 radical (unpaired) electrons. The van der Waals surface area contributed by atoms with Crippen molar-refractivity contribution in [1.82, 2.24) is 4.57 Å². The van der Waals surface area contributed by atoms with Crippen molar-refractivity contribution in [2.24, 2.45) is 7.05 Å². The predicted molar refractivity (Wildman–Crippen MR) is 95.2 cm³/mol. The quantitative estimate of drug-likeness (QED) is 0.907. The molecule has 1 aliphatic heterocycles. The number of benzene rings is 1. The molecule has 6 heteroatoms. The molecule has 0 bridgehead atoms. The average Bonchev–Trinajstić information content (AvgIpc) is 2.64. The number of pyridine rings is 1. The van der Waals surface area contributed by atoms with Crippen molar-refractivity contribution in [2.45, 2.75) is 25.4 Å². The van der Waals surface area contributed by atoms with E-state index in [9.17, 15) is 9.59 Å². The summed E-state index contributed by atoms with van der Waals surface area (Å²) in [6.07, 6.45) is 5.02. The predicted octanol–water partition coefficient (Wildman–Crippen LogP) is 2.59.